The average molecular weight is 574 g/mol. The first-order valence-corrected chi connectivity index (χ1v) is 13.7. The van der Waals surface area contributed by atoms with Crippen LogP contribution in [0.5, 0.6) is 5.88 Å². The fraction of sp³-hybridized carbons (Fsp3) is 0.414. The first kappa shape index (κ1) is 28.2. The number of rotatable bonds is 6. The van der Waals surface area contributed by atoms with Crippen molar-refractivity contribution in [1.82, 2.24) is 14.9 Å². The molecule has 0 saturated carbocycles. The zero-order chi connectivity index (χ0) is 28.5. The van der Waals surface area contributed by atoms with Crippen molar-refractivity contribution in [3.63, 3.8) is 0 Å². The number of halogens is 4. The molecule has 7 nitrogen and oxygen atoms in total. The van der Waals surface area contributed by atoms with Crippen LogP contribution in [-0.4, -0.2) is 53.6 Å². The molecule has 4 heterocycles. The minimum absolute atomic E-state index is 0.00389. The average Bonchev–Trinajstić information content (AvgIpc) is 2.93. The van der Waals surface area contributed by atoms with Crippen LogP contribution in [0.4, 0.5) is 18.9 Å². The molecule has 2 N–H and O–H groups in total. The van der Waals surface area contributed by atoms with Crippen molar-refractivity contribution in [1.29, 1.82) is 0 Å². The number of pyridine rings is 2. The molecule has 212 valence electrons. The summed E-state index contributed by atoms with van der Waals surface area (Å²) in [5.74, 6) is 0.444. The molecule has 5 rings (SSSR count). The number of ether oxygens (including phenoxy) is 1. The van der Waals surface area contributed by atoms with Gasteiger partial charge in [0.1, 0.15) is 0 Å². The predicted molar refractivity (Wildman–Crippen MR) is 147 cm³/mol. The van der Waals surface area contributed by atoms with Crippen LogP contribution < -0.4 is 15.4 Å². The molecule has 2 aliphatic heterocycles. The number of hydrogen-bond donors (Lipinski definition) is 1. The van der Waals surface area contributed by atoms with Gasteiger partial charge in [0.2, 0.25) is 11.8 Å². The minimum atomic E-state index is -4.58. The summed E-state index contributed by atoms with van der Waals surface area (Å²) in [5, 5.41) is 0.0235. The highest BCUT2D eigenvalue weighted by molar-refractivity contribution is 6.30. The number of amides is 1. The van der Waals surface area contributed by atoms with Crippen molar-refractivity contribution in [2.75, 3.05) is 37.7 Å². The van der Waals surface area contributed by atoms with E-state index in [-0.39, 0.29) is 36.1 Å². The Hall–Kier alpha value is -3.37. The molecule has 2 aromatic heterocycles. The second-order valence-electron chi connectivity index (χ2n) is 10.2. The van der Waals surface area contributed by atoms with Gasteiger partial charge in [0, 0.05) is 54.9 Å². The van der Waals surface area contributed by atoms with Gasteiger partial charge >= 0.3 is 6.18 Å². The topological polar surface area (TPSA) is 84.6 Å². The number of benzene rings is 1. The molecular weight excluding hydrogens is 543 g/mol. The third-order valence-electron chi connectivity index (χ3n) is 7.74. The summed E-state index contributed by atoms with van der Waals surface area (Å²) < 4.78 is 48.2. The van der Waals surface area contributed by atoms with Crippen LogP contribution in [-0.2, 0) is 22.9 Å². The van der Waals surface area contributed by atoms with Gasteiger partial charge in [0.05, 0.1) is 35.7 Å². The van der Waals surface area contributed by atoms with Gasteiger partial charge in [-0.1, -0.05) is 17.7 Å². The number of anilines is 1. The summed E-state index contributed by atoms with van der Waals surface area (Å²) in [4.78, 5) is 25.4. The number of likely N-dealkylation sites (tertiary alicyclic amines) is 1. The van der Waals surface area contributed by atoms with Crippen molar-refractivity contribution in [3.05, 3.63) is 70.5 Å². The van der Waals surface area contributed by atoms with E-state index in [0.29, 0.717) is 61.9 Å². The molecule has 0 atom stereocenters. The predicted octanol–water partition coefficient (Wildman–Crippen LogP) is 5.44. The van der Waals surface area contributed by atoms with Gasteiger partial charge in [0.15, 0.2) is 0 Å². The minimum Gasteiger partial charge on any atom is -0.477 e. The number of fused-ring (bicyclic) bond motifs is 2. The fourth-order valence-corrected chi connectivity index (χ4v) is 6.03. The number of aromatic nitrogens is 2. The van der Waals surface area contributed by atoms with Gasteiger partial charge in [-0.2, -0.15) is 13.2 Å². The Labute approximate surface area is 236 Å². The third-order valence-corrected chi connectivity index (χ3v) is 7.98. The molecule has 1 aromatic carbocycles. The van der Waals surface area contributed by atoms with Gasteiger partial charge in [-0.3, -0.25) is 9.78 Å². The first-order chi connectivity index (χ1) is 19.1. The molecule has 2 aliphatic rings. The van der Waals surface area contributed by atoms with E-state index in [0.717, 1.165) is 11.6 Å². The standard InChI is InChI=1S/C29H31ClF3N5O2/c1-2-40-27-20(4-3-13-35-27)23-7-6-21-24(36-23)17-38(25-8-5-19(30)16-22(25)29(31,32)33)18-28(21)10-14-37(15-11-28)26(39)9-12-34/h3-8,13,16H,2,9-12,14-15,17-18,34H2,1H3. The summed E-state index contributed by atoms with van der Waals surface area (Å²) in [6, 6.07) is 11.5. The zero-order valence-electron chi connectivity index (χ0n) is 22.2. The highest BCUT2D eigenvalue weighted by Gasteiger charge is 2.45. The van der Waals surface area contributed by atoms with Crippen LogP contribution in [0, 0.1) is 0 Å². The Kier molecular flexibility index (Phi) is 7.92. The van der Waals surface area contributed by atoms with Crippen LogP contribution in [0.25, 0.3) is 11.3 Å². The van der Waals surface area contributed by atoms with Gasteiger partial charge in [-0.15, -0.1) is 0 Å². The molecule has 40 heavy (non-hydrogen) atoms. The van der Waals surface area contributed by atoms with Gasteiger partial charge in [0.25, 0.3) is 0 Å². The number of nitrogens with zero attached hydrogens (tertiary/aromatic N) is 4. The summed E-state index contributed by atoms with van der Waals surface area (Å²) in [7, 11) is 0. The van der Waals surface area contributed by atoms with Crippen LogP contribution in [0.15, 0.2) is 48.7 Å². The molecule has 0 bridgehead atoms. The Balaban J connectivity index is 1.59. The van der Waals surface area contributed by atoms with Crippen molar-refractivity contribution < 1.29 is 22.7 Å². The monoisotopic (exact) mass is 573 g/mol. The Morgan fingerprint density at radius 3 is 2.65 bits per heavy atom. The highest BCUT2D eigenvalue weighted by atomic mass is 35.5. The lowest BCUT2D eigenvalue weighted by Gasteiger charge is -2.49. The van der Waals surface area contributed by atoms with E-state index >= 15 is 0 Å². The van der Waals surface area contributed by atoms with Gasteiger partial charge < -0.3 is 20.3 Å². The third kappa shape index (κ3) is 5.47. The van der Waals surface area contributed by atoms with Crippen LogP contribution in [0.3, 0.4) is 0 Å². The van der Waals surface area contributed by atoms with E-state index in [1.165, 1.54) is 12.1 Å². The maximum Gasteiger partial charge on any atom is 0.418 e. The number of carbonyl (C=O) groups is 1. The second kappa shape index (κ2) is 11.2. The lowest BCUT2D eigenvalue weighted by molar-refractivity contribution is -0.137. The molecule has 0 radical (unpaired) electrons. The molecule has 11 heteroatoms. The number of nitrogens with two attached hydrogens (primary N) is 1. The van der Waals surface area contributed by atoms with E-state index in [9.17, 15) is 18.0 Å². The first-order valence-electron chi connectivity index (χ1n) is 13.3. The quantitative estimate of drug-likeness (QED) is 0.422. The van der Waals surface area contributed by atoms with Crippen molar-refractivity contribution in [2.45, 2.75) is 44.3 Å². The van der Waals surface area contributed by atoms with Crippen molar-refractivity contribution >= 4 is 23.2 Å². The van der Waals surface area contributed by atoms with Gasteiger partial charge in [-0.05, 0) is 61.7 Å². The SMILES string of the molecule is CCOc1ncccc1-c1ccc2c(n1)CN(c1ccc(Cl)cc1C(F)(F)F)CC21CCN(C(=O)CCN)CC1. The second-order valence-corrected chi connectivity index (χ2v) is 10.6. The molecule has 1 fully saturated rings. The van der Waals surface area contributed by atoms with E-state index in [4.69, 9.17) is 27.1 Å². The van der Waals surface area contributed by atoms with Crippen molar-refractivity contribution in [3.8, 4) is 17.1 Å². The number of piperidine rings is 1. The summed E-state index contributed by atoms with van der Waals surface area (Å²) >= 11 is 5.99. The smallest absolute Gasteiger partial charge is 0.418 e. The number of carbonyl (C=O) groups excluding carboxylic acids is 1. The number of alkyl halides is 3. The van der Waals surface area contributed by atoms with Crippen LogP contribution in [0.1, 0.15) is 43.0 Å². The molecular formula is C29H31ClF3N5O2. The molecule has 1 saturated heterocycles. The maximum absolute atomic E-state index is 14.2. The lowest BCUT2D eigenvalue weighted by Crippen LogP contribution is -2.53. The summed E-state index contributed by atoms with van der Waals surface area (Å²) in [6.07, 6.45) is -1.47. The highest BCUT2D eigenvalue weighted by Crippen LogP contribution is 2.46. The molecule has 1 amide bonds. The molecule has 0 aliphatic carbocycles. The fourth-order valence-electron chi connectivity index (χ4n) is 5.85. The molecule has 3 aromatic rings. The normalized spacial score (nSPS) is 16.6. The van der Waals surface area contributed by atoms with E-state index in [2.05, 4.69) is 4.98 Å². The zero-order valence-corrected chi connectivity index (χ0v) is 22.9. The molecule has 1 spiro atoms. The Morgan fingerprint density at radius 2 is 1.95 bits per heavy atom. The van der Waals surface area contributed by atoms with E-state index in [1.54, 1.807) is 22.1 Å². The maximum atomic E-state index is 14.2. The van der Waals surface area contributed by atoms with E-state index < -0.39 is 17.2 Å². The molecule has 0 unspecified atom stereocenters. The lowest BCUT2D eigenvalue weighted by atomic mass is 9.69. The van der Waals surface area contributed by atoms with Crippen LogP contribution >= 0.6 is 11.6 Å². The van der Waals surface area contributed by atoms with Crippen LogP contribution in [0.2, 0.25) is 5.02 Å². The van der Waals surface area contributed by atoms with Crippen molar-refractivity contribution in [2.24, 2.45) is 5.73 Å². The Bertz CT molecular complexity index is 1390. The summed E-state index contributed by atoms with van der Waals surface area (Å²) in [5.41, 5.74) is 7.43. The Morgan fingerprint density at radius 1 is 1.18 bits per heavy atom. The summed E-state index contributed by atoms with van der Waals surface area (Å²) in [6.45, 7) is 4.13. The largest absolute Gasteiger partial charge is 0.477 e. The van der Waals surface area contributed by atoms with Gasteiger partial charge in [-0.25, -0.2) is 4.98 Å². The van der Waals surface area contributed by atoms with E-state index in [1.807, 2.05) is 25.1 Å². The number of hydrogen-bond acceptors (Lipinski definition) is 6.